The number of aromatic hydroxyl groups is 1. The second-order valence-electron chi connectivity index (χ2n) is 12.6. The lowest BCUT2D eigenvalue weighted by atomic mass is 10.1. The SMILES string of the molecule is CCc1ccc(C)cc1.CCc1ccc(OCCCOc2ccc(C)cc2)cc1.CCc1ccc(OCCOC)cc1.COCCCl.Cc1ccc(O)cc1. The number of methoxy groups -OCH3 is 2. The lowest BCUT2D eigenvalue weighted by molar-refractivity contribution is 0.146. The zero-order chi connectivity index (χ0) is 40.5. The Bertz CT molecular complexity index is 1560. The van der Waals surface area contributed by atoms with Crippen LogP contribution in [0.2, 0.25) is 0 Å². The van der Waals surface area contributed by atoms with Crippen molar-refractivity contribution in [3.63, 3.8) is 0 Å². The van der Waals surface area contributed by atoms with E-state index in [1.807, 2.05) is 55.5 Å². The maximum absolute atomic E-state index is 8.76. The Kier molecular flexibility index (Phi) is 28.1. The minimum Gasteiger partial charge on any atom is -0.508 e. The lowest BCUT2D eigenvalue weighted by Gasteiger charge is -2.08. The minimum atomic E-state index is 0.329. The Labute approximate surface area is 337 Å². The number of rotatable bonds is 15. The van der Waals surface area contributed by atoms with Crippen molar-refractivity contribution in [3.05, 3.63) is 155 Å². The second kappa shape index (κ2) is 31.8. The number of benzene rings is 5. The summed E-state index contributed by atoms with van der Waals surface area (Å²) in [6.07, 6.45) is 4.15. The molecule has 55 heavy (non-hydrogen) atoms. The lowest BCUT2D eigenvalue weighted by Crippen LogP contribution is -2.05. The van der Waals surface area contributed by atoms with Gasteiger partial charge in [0.05, 0.1) is 26.4 Å². The van der Waals surface area contributed by atoms with Gasteiger partial charge in [-0.3, -0.25) is 0 Å². The molecule has 7 heteroatoms. The highest BCUT2D eigenvalue weighted by Gasteiger charge is 1.97. The zero-order valence-electron chi connectivity index (χ0n) is 34.5. The topological polar surface area (TPSA) is 66.4 Å². The molecule has 0 atom stereocenters. The molecule has 0 bridgehead atoms. The number of aryl methyl sites for hydroxylation is 6. The van der Waals surface area contributed by atoms with Gasteiger partial charge in [-0.05, 0) is 105 Å². The first-order valence-corrected chi connectivity index (χ1v) is 19.7. The highest BCUT2D eigenvalue weighted by atomic mass is 35.5. The van der Waals surface area contributed by atoms with E-state index in [2.05, 4.69) is 100 Å². The summed E-state index contributed by atoms with van der Waals surface area (Å²) < 4.78 is 26.2. The second-order valence-corrected chi connectivity index (χ2v) is 12.9. The number of alkyl halides is 1. The molecule has 0 amide bonds. The molecule has 0 radical (unpaired) electrons. The largest absolute Gasteiger partial charge is 0.508 e. The van der Waals surface area contributed by atoms with Crippen LogP contribution < -0.4 is 14.2 Å². The molecule has 0 aliphatic carbocycles. The van der Waals surface area contributed by atoms with Gasteiger partial charge in [-0.25, -0.2) is 0 Å². The summed E-state index contributed by atoms with van der Waals surface area (Å²) in [5, 5.41) is 8.76. The average Bonchev–Trinajstić information content (AvgIpc) is 3.22. The van der Waals surface area contributed by atoms with Crippen LogP contribution in [-0.2, 0) is 28.7 Å². The Morgan fingerprint density at radius 3 is 1.04 bits per heavy atom. The van der Waals surface area contributed by atoms with Gasteiger partial charge >= 0.3 is 0 Å². The van der Waals surface area contributed by atoms with E-state index in [0.717, 1.165) is 42.9 Å². The molecular formula is C48H65ClO6. The smallest absolute Gasteiger partial charge is 0.119 e. The molecule has 0 aliphatic heterocycles. The summed E-state index contributed by atoms with van der Waals surface area (Å²) in [4.78, 5) is 0. The molecule has 0 aromatic heterocycles. The van der Waals surface area contributed by atoms with E-state index < -0.39 is 0 Å². The van der Waals surface area contributed by atoms with Crippen LogP contribution in [0.5, 0.6) is 23.0 Å². The van der Waals surface area contributed by atoms with Gasteiger partial charge in [-0.1, -0.05) is 110 Å². The molecule has 5 aromatic rings. The number of hydrogen-bond donors (Lipinski definition) is 1. The maximum Gasteiger partial charge on any atom is 0.119 e. The molecule has 0 unspecified atom stereocenters. The molecule has 0 fully saturated rings. The van der Waals surface area contributed by atoms with Crippen molar-refractivity contribution in [2.75, 3.05) is 53.1 Å². The van der Waals surface area contributed by atoms with E-state index in [4.69, 9.17) is 35.7 Å². The molecule has 0 saturated carbocycles. The van der Waals surface area contributed by atoms with Crippen molar-refractivity contribution in [1.82, 2.24) is 0 Å². The molecular weight excluding hydrogens is 708 g/mol. The first-order chi connectivity index (χ1) is 26.7. The van der Waals surface area contributed by atoms with E-state index in [1.54, 1.807) is 26.4 Å². The predicted octanol–water partition coefficient (Wildman–Crippen LogP) is 11.8. The third-order valence-electron chi connectivity index (χ3n) is 7.91. The van der Waals surface area contributed by atoms with Gasteiger partial charge in [0.2, 0.25) is 0 Å². The number of ether oxygens (including phenoxy) is 5. The van der Waals surface area contributed by atoms with Gasteiger partial charge in [-0.2, -0.15) is 0 Å². The van der Waals surface area contributed by atoms with Gasteiger partial charge in [0.15, 0.2) is 0 Å². The maximum atomic E-state index is 8.76. The van der Waals surface area contributed by atoms with E-state index in [0.29, 0.717) is 44.7 Å². The van der Waals surface area contributed by atoms with Crippen LogP contribution in [0.25, 0.3) is 0 Å². The third-order valence-corrected chi connectivity index (χ3v) is 8.06. The number of phenols is 1. The summed E-state index contributed by atoms with van der Waals surface area (Å²) in [6.45, 7) is 15.9. The van der Waals surface area contributed by atoms with E-state index in [1.165, 1.54) is 33.4 Å². The Morgan fingerprint density at radius 2 is 0.727 bits per heavy atom. The van der Waals surface area contributed by atoms with Crippen molar-refractivity contribution >= 4 is 11.6 Å². The van der Waals surface area contributed by atoms with Crippen molar-refractivity contribution in [3.8, 4) is 23.0 Å². The molecule has 0 spiro atoms. The normalized spacial score (nSPS) is 9.76. The molecule has 5 rings (SSSR count). The average molecular weight is 773 g/mol. The standard InChI is InChI=1S/C18H22O2.C11H16O2.C9H12.C7H8O.C3H7ClO/c1-3-16-7-11-18(12-8-16)20-14-4-13-19-17-9-5-15(2)6-10-17;1-3-10-4-6-11(7-5-10)13-9-8-12-2;1-3-9-6-4-8(2)5-7-9;1-6-2-4-7(8)5-3-6;1-5-3-2-4/h5-12H,3-4,13-14H2,1-2H3;4-7H,3,8-9H2,1-2H3;4-7H,3H2,1-2H3;2-5,8H,1H3;2-3H2,1H3. The third kappa shape index (κ3) is 25.3. The van der Waals surface area contributed by atoms with Crippen LogP contribution in [0.3, 0.4) is 0 Å². The molecule has 0 saturated heterocycles. The Hall–Kier alpha value is -4.49. The molecule has 1 N–H and O–H groups in total. The number of hydrogen-bond acceptors (Lipinski definition) is 6. The molecule has 5 aromatic carbocycles. The summed E-state index contributed by atoms with van der Waals surface area (Å²) in [6, 6.07) is 40.3. The fraction of sp³-hybridized carbons (Fsp3) is 0.375. The number of halogens is 1. The summed E-state index contributed by atoms with van der Waals surface area (Å²) in [5.74, 6) is 3.68. The van der Waals surface area contributed by atoms with Gasteiger partial charge in [0.25, 0.3) is 0 Å². The van der Waals surface area contributed by atoms with E-state index >= 15 is 0 Å². The molecule has 0 aliphatic rings. The summed E-state index contributed by atoms with van der Waals surface area (Å²) in [5.41, 5.74) is 7.84. The number of phenolic OH excluding ortho intramolecular Hbond substituents is 1. The van der Waals surface area contributed by atoms with Crippen molar-refractivity contribution in [2.45, 2.75) is 67.2 Å². The fourth-order valence-electron chi connectivity index (χ4n) is 4.40. The molecule has 300 valence electrons. The first kappa shape index (κ1) is 48.5. The van der Waals surface area contributed by atoms with Crippen molar-refractivity contribution in [2.24, 2.45) is 0 Å². The van der Waals surface area contributed by atoms with Crippen molar-refractivity contribution < 1.29 is 28.8 Å². The van der Waals surface area contributed by atoms with Crippen LogP contribution in [0.15, 0.2) is 121 Å². The Balaban J connectivity index is 0.000000373. The van der Waals surface area contributed by atoms with Crippen LogP contribution in [-0.4, -0.2) is 58.2 Å². The molecule has 6 nitrogen and oxygen atoms in total. The van der Waals surface area contributed by atoms with Gasteiger partial charge in [0, 0.05) is 26.5 Å². The quantitative estimate of drug-likeness (QED) is 0.0844. The fourth-order valence-corrected chi connectivity index (χ4v) is 4.56. The van der Waals surface area contributed by atoms with Crippen molar-refractivity contribution in [1.29, 1.82) is 0 Å². The van der Waals surface area contributed by atoms with Gasteiger partial charge < -0.3 is 28.8 Å². The summed E-state index contributed by atoms with van der Waals surface area (Å²) in [7, 11) is 3.30. The van der Waals surface area contributed by atoms with Crippen LogP contribution in [0, 0.1) is 20.8 Å². The monoisotopic (exact) mass is 772 g/mol. The van der Waals surface area contributed by atoms with Crippen LogP contribution in [0.4, 0.5) is 0 Å². The highest BCUT2D eigenvalue weighted by Crippen LogP contribution is 2.15. The predicted molar refractivity (Wildman–Crippen MR) is 232 cm³/mol. The summed E-state index contributed by atoms with van der Waals surface area (Å²) >= 11 is 5.18. The highest BCUT2D eigenvalue weighted by molar-refractivity contribution is 6.17. The van der Waals surface area contributed by atoms with Gasteiger partial charge in [-0.15, -0.1) is 11.6 Å². The first-order valence-electron chi connectivity index (χ1n) is 19.2. The minimum absolute atomic E-state index is 0.329. The van der Waals surface area contributed by atoms with Crippen LogP contribution in [0.1, 0.15) is 60.6 Å². The van der Waals surface area contributed by atoms with Crippen LogP contribution >= 0.6 is 11.6 Å². The molecule has 0 heterocycles. The van der Waals surface area contributed by atoms with Gasteiger partial charge in [0.1, 0.15) is 29.6 Å². The van der Waals surface area contributed by atoms with E-state index in [9.17, 15) is 0 Å². The Morgan fingerprint density at radius 1 is 0.418 bits per heavy atom. The van der Waals surface area contributed by atoms with E-state index in [-0.39, 0.29) is 0 Å². The zero-order valence-corrected chi connectivity index (χ0v) is 35.2.